The number of ether oxygens (including phenoxy) is 2. The first-order valence-electron chi connectivity index (χ1n) is 11.7. The second-order valence-electron chi connectivity index (χ2n) is 8.73. The van der Waals surface area contributed by atoms with Crippen LogP contribution in [0.3, 0.4) is 0 Å². The molecule has 1 saturated heterocycles. The van der Waals surface area contributed by atoms with Crippen LogP contribution in [0.15, 0.2) is 72.8 Å². The molecule has 0 bridgehead atoms. The number of benzene rings is 3. The molecule has 0 radical (unpaired) electrons. The van der Waals surface area contributed by atoms with Crippen LogP contribution in [-0.4, -0.2) is 37.6 Å². The van der Waals surface area contributed by atoms with Crippen molar-refractivity contribution in [3.05, 3.63) is 83.9 Å². The van der Waals surface area contributed by atoms with Crippen LogP contribution < -0.4 is 20.1 Å². The molecule has 182 valence electrons. The zero-order chi connectivity index (χ0) is 24.8. The minimum Gasteiger partial charge on any atom is -0.497 e. The van der Waals surface area contributed by atoms with Crippen LogP contribution in [0.4, 0.5) is 16.2 Å². The summed E-state index contributed by atoms with van der Waals surface area (Å²) in [5.74, 6) is 1.02. The van der Waals surface area contributed by atoms with E-state index in [1.165, 1.54) is 0 Å². The number of likely N-dealkylation sites (tertiary alicyclic amines) is 1. The Balaban J connectivity index is 1.52. The van der Waals surface area contributed by atoms with Crippen LogP contribution in [-0.2, 0) is 4.79 Å². The third kappa shape index (κ3) is 5.93. The molecular weight excluding hydrogens is 442 g/mol. The SMILES string of the molecule is COc1ccc(NC(=O)C2CCC(c3cccc(C)c3)N(C(=O)Nc3ccc(OC)cc3)C2)cc1. The summed E-state index contributed by atoms with van der Waals surface area (Å²) in [5, 5.41) is 5.97. The fourth-order valence-electron chi connectivity index (χ4n) is 4.42. The van der Waals surface area contributed by atoms with Gasteiger partial charge in [-0.15, -0.1) is 0 Å². The highest BCUT2D eigenvalue weighted by Gasteiger charge is 2.35. The predicted octanol–water partition coefficient (Wildman–Crippen LogP) is 5.64. The Kier molecular flexibility index (Phi) is 7.55. The number of nitrogens with one attached hydrogen (secondary N) is 2. The Morgan fingerprint density at radius 3 is 2.00 bits per heavy atom. The number of rotatable bonds is 6. The highest BCUT2D eigenvalue weighted by atomic mass is 16.5. The van der Waals surface area contributed by atoms with E-state index in [9.17, 15) is 9.59 Å². The smallest absolute Gasteiger partial charge is 0.322 e. The highest BCUT2D eigenvalue weighted by molar-refractivity contribution is 5.94. The summed E-state index contributed by atoms with van der Waals surface area (Å²) in [6.07, 6.45) is 1.38. The molecule has 2 unspecified atom stereocenters. The van der Waals surface area contributed by atoms with Crippen molar-refractivity contribution in [3.8, 4) is 11.5 Å². The summed E-state index contributed by atoms with van der Waals surface area (Å²) >= 11 is 0. The summed E-state index contributed by atoms with van der Waals surface area (Å²) in [5.41, 5.74) is 3.58. The van der Waals surface area contributed by atoms with E-state index in [-0.39, 0.29) is 23.9 Å². The first kappa shape index (κ1) is 24.1. The van der Waals surface area contributed by atoms with Gasteiger partial charge in [-0.25, -0.2) is 4.79 Å². The lowest BCUT2D eigenvalue weighted by Crippen LogP contribution is -2.47. The van der Waals surface area contributed by atoms with Gasteiger partial charge in [0, 0.05) is 17.9 Å². The monoisotopic (exact) mass is 473 g/mol. The van der Waals surface area contributed by atoms with Gasteiger partial charge in [0.05, 0.1) is 26.2 Å². The number of hydrogen-bond donors (Lipinski definition) is 2. The molecule has 1 aliphatic heterocycles. The van der Waals surface area contributed by atoms with Gasteiger partial charge in [0.25, 0.3) is 0 Å². The van der Waals surface area contributed by atoms with Crippen molar-refractivity contribution in [2.45, 2.75) is 25.8 Å². The number of piperidine rings is 1. The van der Waals surface area contributed by atoms with E-state index >= 15 is 0 Å². The number of hydrogen-bond acceptors (Lipinski definition) is 4. The van der Waals surface area contributed by atoms with E-state index in [0.717, 1.165) is 16.9 Å². The quantitative estimate of drug-likeness (QED) is 0.486. The van der Waals surface area contributed by atoms with Crippen LogP contribution in [0, 0.1) is 12.8 Å². The van der Waals surface area contributed by atoms with Crippen LogP contribution >= 0.6 is 0 Å². The third-order valence-corrected chi connectivity index (χ3v) is 6.34. The molecule has 7 heteroatoms. The van der Waals surface area contributed by atoms with E-state index in [2.05, 4.69) is 16.7 Å². The second kappa shape index (κ2) is 11.0. The molecule has 2 N–H and O–H groups in total. The molecule has 3 amide bonds. The van der Waals surface area contributed by atoms with Crippen molar-refractivity contribution in [3.63, 3.8) is 0 Å². The Labute approximate surface area is 206 Å². The number of methoxy groups -OCH3 is 2. The van der Waals surface area contributed by atoms with Crippen molar-refractivity contribution < 1.29 is 19.1 Å². The molecule has 0 aliphatic carbocycles. The van der Waals surface area contributed by atoms with E-state index < -0.39 is 0 Å². The molecule has 3 aromatic carbocycles. The van der Waals surface area contributed by atoms with Gasteiger partial charge in [0.15, 0.2) is 0 Å². The van der Waals surface area contributed by atoms with Crippen molar-refractivity contribution in [1.29, 1.82) is 0 Å². The number of aryl methyl sites for hydroxylation is 1. The number of urea groups is 1. The molecule has 0 aromatic heterocycles. The van der Waals surface area contributed by atoms with E-state index in [0.29, 0.717) is 36.5 Å². The summed E-state index contributed by atoms with van der Waals surface area (Å²) in [6.45, 7) is 2.36. The van der Waals surface area contributed by atoms with E-state index in [1.54, 1.807) is 55.5 Å². The number of carbonyl (C=O) groups is 2. The van der Waals surface area contributed by atoms with Gasteiger partial charge in [-0.05, 0) is 73.9 Å². The molecule has 2 atom stereocenters. The van der Waals surface area contributed by atoms with Crippen LogP contribution in [0.2, 0.25) is 0 Å². The average Bonchev–Trinajstić information content (AvgIpc) is 2.89. The lowest BCUT2D eigenvalue weighted by Gasteiger charge is -2.39. The Morgan fingerprint density at radius 2 is 1.43 bits per heavy atom. The van der Waals surface area contributed by atoms with E-state index in [4.69, 9.17) is 9.47 Å². The molecule has 1 heterocycles. The molecule has 0 spiro atoms. The fraction of sp³-hybridized carbons (Fsp3) is 0.286. The van der Waals surface area contributed by atoms with Crippen LogP contribution in [0.25, 0.3) is 0 Å². The molecular formula is C28H31N3O4. The van der Waals surface area contributed by atoms with Gasteiger partial charge in [0.1, 0.15) is 11.5 Å². The largest absolute Gasteiger partial charge is 0.497 e. The summed E-state index contributed by atoms with van der Waals surface area (Å²) in [6, 6.07) is 22.3. The van der Waals surface area contributed by atoms with Gasteiger partial charge in [-0.2, -0.15) is 0 Å². The Morgan fingerprint density at radius 1 is 0.829 bits per heavy atom. The Hall–Kier alpha value is -4.00. The lowest BCUT2D eigenvalue weighted by molar-refractivity contribution is -0.121. The van der Waals surface area contributed by atoms with E-state index in [1.807, 2.05) is 37.3 Å². The fourth-order valence-corrected chi connectivity index (χ4v) is 4.42. The number of anilines is 2. The standard InChI is InChI=1S/C28H31N3O4/c1-19-5-4-6-20(17-19)26-16-7-21(27(32)29-22-8-12-24(34-2)13-9-22)18-31(26)28(33)30-23-10-14-25(35-3)15-11-23/h4-6,8-15,17,21,26H,7,16,18H2,1-3H3,(H,29,32)(H,30,33). The predicted molar refractivity (Wildman–Crippen MR) is 137 cm³/mol. The molecule has 1 aliphatic rings. The highest BCUT2D eigenvalue weighted by Crippen LogP contribution is 2.35. The molecule has 3 aromatic rings. The van der Waals surface area contributed by atoms with Gasteiger partial charge in [-0.1, -0.05) is 29.8 Å². The third-order valence-electron chi connectivity index (χ3n) is 6.34. The maximum absolute atomic E-state index is 13.4. The van der Waals surface area contributed by atoms with Gasteiger partial charge in [-0.3, -0.25) is 4.79 Å². The zero-order valence-electron chi connectivity index (χ0n) is 20.3. The lowest BCUT2D eigenvalue weighted by atomic mass is 9.88. The van der Waals surface area contributed by atoms with Gasteiger partial charge in [0.2, 0.25) is 5.91 Å². The van der Waals surface area contributed by atoms with Crippen molar-refractivity contribution in [2.24, 2.45) is 5.92 Å². The second-order valence-corrected chi connectivity index (χ2v) is 8.73. The van der Waals surface area contributed by atoms with Crippen LogP contribution in [0.1, 0.15) is 30.0 Å². The Bertz CT molecular complexity index is 1160. The minimum absolute atomic E-state index is 0.0971. The first-order valence-corrected chi connectivity index (χ1v) is 11.7. The zero-order valence-corrected chi connectivity index (χ0v) is 20.3. The first-order chi connectivity index (χ1) is 17.0. The van der Waals surface area contributed by atoms with Gasteiger partial charge >= 0.3 is 6.03 Å². The number of nitrogens with zero attached hydrogens (tertiary/aromatic N) is 1. The van der Waals surface area contributed by atoms with Crippen molar-refractivity contribution in [1.82, 2.24) is 4.90 Å². The molecule has 7 nitrogen and oxygen atoms in total. The van der Waals surface area contributed by atoms with Gasteiger partial charge < -0.3 is 25.0 Å². The molecule has 0 saturated carbocycles. The van der Waals surface area contributed by atoms with Crippen molar-refractivity contribution in [2.75, 3.05) is 31.4 Å². The summed E-state index contributed by atoms with van der Waals surface area (Å²) in [4.78, 5) is 28.3. The van der Waals surface area contributed by atoms with Crippen molar-refractivity contribution >= 4 is 23.3 Å². The number of carbonyl (C=O) groups excluding carboxylic acids is 2. The minimum atomic E-state index is -0.320. The summed E-state index contributed by atoms with van der Waals surface area (Å²) in [7, 11) is 3.21. The molecule has 35 heavy (non-hydrogen) atoms. The number of amides is 3. The maximum Gasteiger partial charge on any atom is 0.322 e. The summed E-state index contributed by atoms with van der Waals surface area (Å²) < 4.78 is 10.4. The molecule has 1 fully saturated rings. The topological polar surface area (TPSA) is 79.9 Å². The maximum atomic E-state index is 13.4. The van der Waals surface area contributed by atoms with Crippen LogP contribution in [0.5, 0.6) is 11.5 Å². The molecule has 4 rings (SSSR count). The normalized spacial score (nSPS) is 17.4. The average molecular weight is 474 g/mol.